The lowest BCUT2D eigenvalue weighted by Crippen LogP contribution is -2.32. The van der Waals surface area contributed by atoms with Crippen LogP contribution in [-0.4, -0.2) is 11.8 Å². The summed E-state index contributed by atoms with van der Waals surface area (Å²) in [6.07, 6.45) is 2.17. The van der Waals surface area contributed by atoms with Crippen LogP contribution < -0.4 is 0 Å². The molecule has 15 heavy (non-hydrogen) atoms. The summed E-state index contributed by atoms with van der Waals surface area (Å²) in [5.41, 5.74) is 0.0904. The maximum atomic E-state index is 6.08. The van der Waals surface area contributed by atoms with Crippen LogP contribution in [0.25, 0.3) is 0 Å². The first-order valence-corrected chi connectivity index (χ1v) is 7.24. The minimum absolute atomic E-state index is 0.0904. The van der Waals surface area contributed by atoms with Gasteiger partial charge in [0.15, 0.2) is 0 Å². The molecular weight excluding hydrogens is 247 g/mol. The van der Waals surface area contributed by atoms with Crippen molar-refractivity contribution in [3.05, 3.63) is 22.4 Å². The highest BCUT2D eigenvalue weighted by Gasteiger charge is 2.31. The molecule has 1 aromatic heterocycles. The normalized spacial score (nSPS) is 12.3. The molecule has 3 heteroatoms. The highest BCUT2D eigenvalue weighted by molar-refractivity contribution is 7.09. The van der Waals surface area contributed by atoms with Gasteiger partial charge in [-0.2, -0.15) is 0 Å². The molecule has 1 aromatic rings. The number of halogens is 2. The van der Waals surface area contributed by atoms with Crippen molar-refractivity contribution < 1.29 is 0 Å². The molecular formula is C12H18Cl2S. The molecule has 0 aliphatic carbocycles. The van der Waals surface area contributed by atoms with Crippen molar-refractivity contribution in [1.29, 1.82) is 0 Å². The van der Waals surface area contributed by atoms with Gasteiger partial charge in [-0.15, -0.1) is 34.5 Å². The lowest BCUT2D eigenvalue weighted by molar-refractivity contribution is 0.240. The number of aryl methyl sites for hydroxylation is 1. The van der Waals surface area contributed by atoms with Crippen LogP contribution in [0.4, 0.5) is 0 Å². The molecule has 0 saturated heterocycles. The maximum absolute atomic E-state index is 6.08. The van der Waals surface area contributed by atoms with E-state index in [2.05, 4.69) is 31.4 Å². The SMILES string of the molecule is CC(C)C(CCl)(CCl)CCc1cccs1. The molecule has 0 amide bonds. The molecule has 86 valence electrons. The van der Waals surface area contributed by atoms with Gasteiger partial charge in [-0.25, -0.2) is 0 Å². The van der Waals surface area contributed by atoms with Gasteiger partial charge in [0.2, 0.25) is 0 Å². The summed E-state index contributed by atoms with van der Waals surface area (Å²) < 4.78 is 0. The molecule has 0 N–H and O–H groups in total. The standard InChI is InChI=1S/C12H18Cl2S/c1-10(2)12(8-13,9-14)6-5-11-4-3-7-15-11/h3-4,7,10H,5-6,8-9H2,1-2H3. The van der Waals surface area contributed by atoms with E-state index in [9.17, 15) is 0 Å². The summed E-state index contributed by atoms with van der Waals surface area (Å²) in [7, 11) is 0. The van der Waals surface area contributed by atoms with Gasteiger partial charge < -0.3 is 0 Å². The molecule has 0 aliphatic heterocycles. The van der Waals surface area contributed by atoms with Crippen LogP contribution in [0.5, 0.6) is 0 Å². The van der Waals surface area contributed by atoms with Gasteiger partial charge in [0.25, 0.3) is 0 Å². The van der Waals surface area contributed by atoms with Crippen LogP contribution in [0, 0.1) is 11.3 Å². The smallest absolute Gasteiger partial charge is 0.0293 e. The highest BCUT2D eigenvalue weighted by Crippen LogP contribution is 2.36. The fourth-order valence-electron chi connectivity index (χ4n) is 1.59. The van der Waals surface area contributed by atoms with Crippen LogP contribution in [0.2, 0.25) is 0 Å². The first kappa shape index (κ1) is 13.3. The third kappa shape index (κ3) is 3.37. The Balaban J connectivity index is 2.59. The van der Waals surface area contributed by atoms with Crippen molar-refractivity contribution in [3.8, 4) is 0 Å². The largest absolute Gasteiger partial charge is 0.149 e. The van der Waals surface area contributed by atoms with Crippen molar-refractivity contribution in [2.45, 2.75) is 26.7 Å². The molecule has 0 atom stereocenters. The van der Waals surface area contributed by atoms with Gasteiger partial charge >= 0.3 is 0 Å². The van der Waals surface area contributed by atoms with Gasteiger partial charge in [-0.3, -0.25) is 0 Å². The number of hydrogen-bond donors (Lipinski definition) is 0. The number of alkyl halides is 2. The Kier molecular flexibility index (Phi) is 5.45. The predicted molar refractivity (Wildman–Crippen MR) is 71.4 cm³/mol. The van der Waals surface area contributed by atoms with Gasteiger partial charge in [0, 0.05) is 22.1 Å². The fraction of sp³-hybridized carbons (Fsp3) is 0.667. The molecule has 0 fully saturated rings. The van der Waals surface area contributed by atoms with Crippen molar-refractivity contribution in [2.24, 2.45) is 11.3 Å². The minimum Gasteiger partial charge on any atom is -0.149 e. The summed E-state index contributed by atoms with van der Waals surface area (Å²) in [6, 6.07) is 4.27. The Morgan fingerprint density at radius 2 is 2.00 bits per heavy atom. The van der Waals surface area contributed by atoms with Crippen molar-refractivity contribution in [3.63, 3.8) is 0 Å². The molecule has 0 aromatic carbocycles. The highest BCUT2D eigenvalue weighted by atomic mass is 35.5. The Bertz CT molecular complexity index is 263. The first-order valence-electron chi connectivity index (χ1n) is 5.29. The van der Waals surface area contributed by atoms with E-state index in [1.54, 1.807) is 0 Å². The summed E-state index contributed by atoms with van der Waals surface area (Å²) >= 11 is 14.0. The Morgan fingerprint density at radius 3 is 2.40 bits per heavy atom. The molecule has 1 heterocycles. The summed E-state index contributed by atoms with van der Waals surface area (Å²) in [6.45, 7) is 4.42. The van der Waals surface area contributed by atoms with E-state index in [1.807, 2.05) is 11.3 Å². The average molecular weight is 265 g/mol. The van der Waals surface area contributed by atoms with Gasteiger partial charge in [0.1, 0.15) is 0 Å². The van der Waals surface area contributed by atoms with Gasteiger partial charge in [-0.05, 0) is 30.2 Å². The molecule has 0 bridgehead atoms. The average Bonchev–Trinajstić information content (AvgIpc) is 2.72. The van der Waals surface area contributed by atoms with E-state index in [-0.39, 0.29) is 5.41 Å². The van der Waals surface area contributed by atoms with E-state index >= 15 is 0 Å². The topological polar surface area (TPSA) is 0 Å². The Hall–Kier alpha value is 0.280. The summed E-state index contributed by atoms with van der Waals surface area (Å²) in [5, 5.41) is 2.12. The van der Waals surface area contributed by atoms with Crippen LogP contribution in [0.3, 0.4) is 0 Å². The molecule has 0 radical (unpaired) electrons. The van der Waals surface area contributed by atoms with E-state index in [0.717, 1.165) is 12.8 Å². The zero-order valence-corrected chi connectivity index (χ0v) is 11.6. The van der Waals surface area contributed by atoms with Crippen LogP contribution in [0.1, 0.15) is 25.1 Å². The number of rotatable bonds is 6. The minimum atomic E-state index is 0.0904. The monoisotopic (exact) mass is 264 g/mol. The molecule has 0 aliphatic rings. The van der Waals surface area contributed by atoms with Crippen molar-refractivity contribution in [1.82, 2.24) is 0 Å². The lowest BCUT2D eigenvalue weighted by Gasteiger charge is -2.33. The van der Waals surface area contributed by atoms with E-state index in [0.29, 0.717) is 17.7 Å². The first-order chi connectivity index (χ1) is 7.14. The van der Waals surface area contributed by atoms with Crippen LogP contribution in [0.15, 0.2) is 17.5 Å². The van der Waals surface area contributed by atoms with Crippen molar-refractivity contribution >= 4 is 34.5 Å². The number of hydrogen-bond acceptors (Lipinski definition) is 1. The Labute approximate surface area is 107 Å². The second-order valence-electron chi connectivity index (χ2n) is 4.36. The molecule has 0 unspecified atom stereocenters. The second-order valence-corrected chi connectivity index (χ2v) is 5.93. The third-order valence-corrected chi connectivity index (χ3v) is 5.21. The molecule has 0 saturated carbocycles. The quantitative estimate of drug-likeness (QED) is 0.648. The van der Waals surface area contributed by atoms with E-state index in [4.69, 9.17) is 23.2 Å². The van der Waals surface area contributed by atoms with Gasteiger partial charge in [-0.1, -0.05) is 19.9 Å². The molecule has 1 rings (SSSR count). The third-order valence-electron chi connectivity index (χ3n) is 3.21. The van der Waals surface area contributed by atoms with Crippen LogP contribution in [-0.2, 0) is 6.42 Å². The fourth-order valence-corrected chi connectivity index (χ4v) is 3.47. The zero-order chi connectivity index (χ0) is 11.3. The second kappa shape index (κ2) is 6.12. The lowest BCUT2D eigenvalue weighted by atomic mass is 9.77. The maximum Gasteiger partial charge on any atom is 0.0293 e. The summed E-state index contributed by atoms with van der Waals surface area (Å²) in [4.78, 5) is 1.43. The van der Waals surface area contributed by atoms with Crippen molar-refractivity contribution in [2.75, 3.05) is 11.8 Å². The van der Waals surface area contributed by atoms with E-state index in [1.165, 1.54) is 4.88 Å². The Morgan fingerprint density at radius 1 is 1.33 bits per heavy atom. The molecule has 0 spiro atoms. The number of thiophene rings is 1. The van der Waals surface area contributed by atoms with Gasteiger partial charge in [0.05, 0.1) is 0 Å². The predicted octanol–water partition coefficient (Wildman–Crippen LogP) is 4.80. The zero-order valence-electron chi connectivity index (χ0n) is 9.30. The summed E-state index contributed by atoms with van der Waals surface area (Å²) in [5.74, 6) is 1.84. The van der Waals surface area contributed by atoms with Crippen LogP contribution >= 0.6 is 34.5 Å². The van der Waals surface area contributed by atoms with E-state index < -0.39 is 0 Å². The molecule has 0 nitrogen and oxygen atoms in total.